The number of carboxylic acids is 1. The van der Waals surface area contributed by atoms with E-state index >= 15 is 0 Å². The van der Waals surface area contributed by atoms with Crippen molar-refractivity contribution < 1.29 is 14.7 Å². The quantitative estimate of drug-likeness (QED) is 0.485. The molecule has 0 bridgehead atoms. The first-order valence-corrected chi connectivity index (χ1v) is 12.8. The highest BCUT2D eigenvalue weighted by atomic mass is 16.4. The average Bonchev–Trinajstić information content (AvgIpc) is 3.47. The highest BCUT2D eigenvalue weighted by molar-refractivity contribution is 5.95. The molecule has 2 heterocycles. The highest BCUT2D eigenvalue weighted by Gasteiger charge is 2.38. The number of carbonyl (C=O) groups excluding carboxylic acids is 1. The number of carboxylic acid groups (broad SMARTS) is 1. The predicted octanol–water partition coefficient (Wildman–Crippen LogP) is 5.16. The van der Waals surface area contributed by atoms with Gasteiger partial charge < -0.3 is 15.3 Å². The monoisotopic (exact) mass is 483 g/mol. The van der Waals surface area contributed by atoms with Gasteiger partial charge in [0, 0.05) is 47.7 Å². The van der Waals surface area contributed by atoms with Crippen LogP contribution < -0.4 is 10.2 Å². The van der Waals surface area contributed by atoms with E-state index in [4.69, 9.17) is 4.98 Å². The molecule has 2 aliphatic rings. The number of aryl methyl sites for hydroxylation is 2. The van der Waals surface area contributed by atoms with Gasteiger partial charge >= 0.3 is 5.97 Å². The second kappa shape index (κ2) is 10.1. The summed E-state index contributed by atoms with van der Waals surface area (Å²) >= 11 is 0. The molecule has 186 valence electrons. The number of fused-ring (bicyclic) bond motifs is 1. The van der Waals surface area contributed by atoms with Gasteiger partial charge in [0.25, 0.3) is 5.91 Å². The maximum Gasteiger partial charge on any atom is 0.307 e. The van der Waals surface area contributed by atoms with Gasteiger partial charge in [0.1, 0.15) is 0 Å². The predicted molar refractivity (Wildman–Crippen MR) is 141 cm³/mol. The van der Waals surface area contributed by atoms with E-state index in [2.05, 4.69) is 10.2 Å². The molecule has 2 unspecified atom stereocenters. The molecule has 1 aliphatic carbocycles. The number of carbonyl (C=O) groups is 2. The maximum atomic E-state index is 12.7. The number of nitrogens with one attached hydrogen (secondary N) is 1. The van der Waals surface area contributed by atoms with Crippen molar-refractivity contribution in [3.05, 3.63) is 82.7 Å². The third kappa shape index (κ3) is 4.85. The Morgan fingerprint density at radius 3 is 2.28 bits per heavy atom. The molecular weight excluding hydrogens is 450 g/mol. The Hall–Kier alpha value is -3.67. The molecule has 2 atom stereocenters. The normalized spacial score (nSPS) is 18.8. The van der Waals surface area contributed by atoms with E-state index in [9.17, 15) is 14.7 Å². The largest absolute Gasteiger partial charge is 0.481 e. The van der Waals surface area contributed by atoms with E-state index in [0.717, 1.165) is 52.4 Å². The molecule has 0 radical (unpaired) electrons. The first-order chi connectivity index (χ1) is 17.4. The number of rotatable bonds is 7. The Kier molecular flexibility index (Phi) is 6.77. The summed E-state index contributed by atoms with van der Waals surface area (Å²) in [5, 5.41) is 12.7. The summed E-state index contributed by atoms with van der Waals surface area (Å²) in [6.45, 7) is 6.31. The molecule has 2 aromatic carbocycles. The number of aliphatic carboxylic acids is 1. The fourth-order valence-electron chi connectivity index (χ4n) is 6.01. The van der Waals surface area contributed by atoms with E-state index < -0.39 is 5.97 Å². The number of pyridine rings is 1. The van der Waals surface area contributed by atoms with Crippen molar-refractivity contribution in [2.75, 3.05) is 18.0 Å². The number of amides is 1. The first kappa shape index (κ1) is 24.0. The third-order valence-electron chi connectivity index (χ3n) is 7.76. The fraction of sp³-hybridized carbons (Fsp3) is 0.367. The van der Waals surface area contributed by atoms with Crippen molar-refractivity contribution in [2.45, 2.75) is 46.1 Å². The van der Waals surface area contributed by atoms with Crippen LogP contribution >= 0.6 is 0 Å². The van der Waals surface area contributed by atoms with Crippen molar-refractivity contribution in [1.29, 1.82) is 0 Å². The van der Waals surface area contributed by atoms with E-state index in [0.29, 0.717) is 23.9 Å². The summed E-state index contributed by atoms with van der Waals surface area (Å²) in [5.41, 5.74) is 7.06. The van der Waals surface area contributed by atoms with Gasteiger partial charge in [-0.1, -0.05) is 48.9 Å². The number of benzene rings is 2. The maximum absolute atomic E-state index is 12.7. The van der Waals surface area contributed by atoms with Gasteiger partial charge in [0.2, 0.25) is 0 Å². The third-order valence-corrected chi connectivity index (χ3v) is 7.76. The molecule has 5 rings (SSSR count). The number of anilines is 1. The fourth-order valence-corrected chi connectivity index (χ4v) is 6.01. The molecule has 1 aromatic heterocycles. The second-order valence-corrected chi connectivity index (χ2v) is 10.2. The SMILES string of the molecule is Cc1nc(C)c(-c2ccc(C(=O)NCc3ccccc3)cc2)c(N2CC3CCCC3C2)c1CC(=O)O. The molecule has 6 heteroatoms. The summed E-state index contributed by atoms with van der Waals surface area (Å²) in [4.78, 5) is 31.7. The minimum absolute atomic E-state index is 0.0484. The molecule has 1 saturated heterocycles. The zero-order chi connectivity index (χ0) is 25.2. The van der Waals surface area contributed by atoms with E-state index in [1.165, 1.54) is 19.3 Å². The molecule has 36 heavy (non-hydrogen) atoms. The zero-order valence-corrected chi connectivity index (χ0v) is 21.0. The van der Waals surface area contributed by atoms with Crippen LogP contribution in [0, 0.1) is 25.7 Å². The second-order valence-electron chi connectivity index (χ2n) is 10.2. The van der Waals surface area contributed by atoms with Crippen LogP contribution in [-0.4, -0.2) is 35.1 Å². The van der Waals surface area contributed by atoms with E-state index in [1.807, 2.05) is 68.4 Å². The van der Waals surface area contributed by atoms with Crippen LogP contribution in [0.3, 0.4) is 0 Å². The van der Waals surface area contributed by atoms with Crippen molar-refractivity contribution in [1.82, 2.24) is 10.3 Å². The molecule has 6 nitrogen and oxygen atoms in total. The lowest BCUT2D eigenvalue weighted by Crippen LogP contribution is -2.25. The van der Waals surface area contributed by atoms with Gasteiger partial charge in [-0.3, -0.25) is 14.6 Å². The van der Waals surface area contributed by atoms with Crippen LogP contribution in [0.1, 0.15) is 52.1 Å². The van der Waals surface area contributed by atoms with Crippen LogP contribution in [0.2, 0.25) is 0 Å². The number of hydrogen-bond donors (Lipinski definition) is 2. The molecule has 1 aliphatic heterocycles. The lowest BCUT2D eigenvalue weighted by Gasteiger charge is -2.28. The minimum Gasteiger partial charge on any atom is -0.481 e. The summed E-state index contributed by atoms with van der Waals surface area (Å²) in [7, 11) is 0. The molecule has 3 aromatic rings. The number of nitrogens with zero attached hydrogens (tertiary/aromatic N) is 2. The highest BCUT2D eigenvalue weighted by Crippen LogP contribution is 2.45. The van der Waals surface area contributed by atoms with Gasteiger partial charge in [-0.15, -0.1) is 0 Å². The van der Waals surface area contributed by atoms with Crippen molar-refractivity contribution in [3.8, 4) is 11.1 Å². The summed E-state index contributed by atoms with van der Waals surface area (Å²) in [5.74, 6) is 0.393. The molecule has 2 fully saturated rings. The van der Waals surface area contributed by atoms with Gasteiger partial charge in [0.05, 0.1) is 12.1 Å². The van der Waals surface area contributed by atoms with Crippen LogP contribution in [0.4, 0.5) is 5.69 Å². The molecular formula is C30H33N3O3. The molecule has 1 saturated carbocycles. The topological polar surface area (TPSA) is 82.5 Å². The van der Waals surface area contributed by atoms with Crippen LogP contribution in [0.25, 0.3) is 11.1 Å². The van der Waals surface area contributed by atoms with Crippen LogP contribution in [0.5, 0.6) is 0 Å². The lowest BCUT2D eigenvalue weighted by atomic mass is 9.94. The Morgan fingerprint density at radius 2 is 1.64 bits per heavy atom. The van der Waals surface area contributed by atoms with Gasteiger partial charge in [-0.25, -0.2) is 0 Å². The van der Waals surface area contributed by atoms with Gasteiger partial charge in [-0.2, -0.15) is 0 Å². The lowest BCUT2D eigenvalue weighted by molar-refractivity contribution is -0.136. The smallest absolute Gasteiger partial charge is 0.307 e. The van der Waals surface area contributed by atoms with Gasteiger partial charge in [0.15, 0.2) is 0 Å². The van der Waals surface area contributed by atoms with Crippen molar-refractivity contribution in [3.63, 3.8) is 0 Å². The molecule has 2 N–H and O–H groups in total. The molecule has 0 spiro atoms. The minimum atomic E-state index is -0.847. The number of aromatic nitrogens is 1. The Balaban J connectivity index is 1.47. The van der Waals surface area contributed by atoms with Crippen LogP contribution in [-0.2, 0) is 17.8 Å². The first-order valence-electron chi connectivity index (χ1n) is 12.8. The average molecular weight is 484 g/mol. The van der Waals surface area contributed by atoms with Crippen LogP contribution in [0.15, 0.2) is 54.6 Å². The van der Waals surface area contributed by atoms with E-state index in [1.54, 1.807) is 0 Å². The van der Waals surface area contributed by atoms with E-state index in [-0.39, 0.29) is 12.3 Å². The summed E-state index contributed by atoms with van der Waals surface area (Å²) in [6, 6.07) is 17.4. The van der Waals surface area contributed by atoms with Crippen molar-refractivity contribution in [2.24, 2.45) is 11.8 Å². The Morgan fingerprint density at radius 1 is 0.972 bits per heavy atom. The number of hydrogen-bond acceptors (Lipinski definition) is 4. The van der Waals surface area contributed by atoms with Crippen molar-refractivity contribution >= 4 is 17.6 Å². The van der Waals surface area contributed by atoms with Gasteiger partial charge in [-0.05, 0) is 61.8 Å². The Labute approximate surface area is 212 Å². The zero-order valence-electron chi connectivity index (χ0n) is 21.0. The standard InChI is InChI=1S/C30H33N3O3/c1-19-26(15-27(34)35)29(33-17-24-9-6-10-25(24)18-33)28(20(2)32-19)22-11-13-23(14-12-22)30(36)31-16-21-7-4-3-5-8-21/h3-5,7-8,11-14,24-25H,6,9-10,15-18H2,1-2H3,(H,31,36)(H,34,35). The summed E-state index contributed by atoms with van der Waals surface area (Å²) < 4.78 is 0. The Bertz CT molecular complexity index is 1260. The summed E-state index contributed by atoms with van der Waals surface area (Å²) in [6.07, 6.45) is 3.74. The molecule has 1 amide bonds.